The molecule has 1 N–H and O–H groups in total. The van der Waals surface area contributed by atoms with Crippen molar-refractivity contribution >= 4 is 5.91 Å². The van der Waals surface area contributed by atoms with Crippen molar-refractivity contribution in [3.05, 3.63) is 0 Å². The highest BCUT2D eigenvalue weighted by atomic mass is 16.2. The van der Waals surface area contributed by atoms with Crippen molar-refractivity contribution in [3.63, 3.8) is 0 Å². The summed E-state index contributed by atoms with van der Waals surface area (Å²) >= 11 is 0. The van der Waals surface area contributed by atoms with Crippen molar-refractivity contribution in [2.24, 2.45) is 0 Å². The van der Waals surface area contributed by atoms with Gasteiger partial charge in [0.25, 0.3) is 0 Å². The van der Waals surface area contributed by atoms with Crippen LogP contribution in [0, 0.1) is 12.3 Å². The molecule has 0 aromatic rings. The molecule has 1 saturated heterocycles. The highest BCUT2D eigenvalue weighted by molar-refractivity contribution is 5.81. The zero-order valence-electron chi connectivity index (χ0n) is 8.75. The molecule has 0 spiro atoms. The maximum atomic E-state index is 11.5. The lowest BCUT2D eigenvalue weighted by molar-refractivity contribution is -0.124. The number of likely N-dealkylation sites (N-methyl/N-ethyl adjacent to an activating group) is 1. The van der Waals surface area contributed by atoms with Gasteiger partial charge >= 0.3 is 0 Å². The zero-order valence-corrected chi connectivity index (χ0v) is 8.75. The average molecular weight is 194 g/mol. The number of hydrogen-bond acceptors (Lipinski definition) is 2. The van der Waals surface area contributed by atoms with Gasteiger partial charge in [-0.25, -0.2) is 0 Å². The minimum Gasteiger partial charge on any atom is -0.358 e. The molecule has 78 valence electrons. The second-order valence-corrected chi connectivity index (χ2v) is 3.62. The van der Waals surface area contributed by atoms with Crippen LogP contribution in [0.1, 0.15) is 25.7 Å². The van der Waals surface area contributed by atoms with Crippen LogP contribution in [0.2, 0.25) is 0 Å². The van der Waals surface area contributed by atoms with Crippen molar-refractivity contribution in [2.45, 2.75) is 31.7 Å². The number of carbonyl (C=O) groups excluding carboxylic acids is 1. The Morgan fingerprint density at radius 2 is 2.50 bits per heavy atom. The summed E-state index contributed by atoms with van der Waals surface area (Å²) in [5, 5.41) is 2.71. The average Bonchev–Trinajstić information content (AvgIpc) is 2.65. The van der Waals surface area contributed by atoms with Gasteiger partial charge in [0.05, 0.1) is 6.04 Å². The summed E-state index contributed by atoms with van der Waals surface area (Å²) in [4.78, 5) is 13.7. The molecule has 1 heterocycles. The first-order chi connectivity index (χ1) is 6.79. The lowest BCUT2D eigenvalue weighted by Crippen LogP contribution is -2.42. The Balaban J connectivity index is 2.36. The zero-order chi connectivity index (χ0) is 10.4. The van der Waals surface area contributed by atoms with Crippen LogP contribution in [0.4, 0.5) is 0 Å². The fourth-order valence-electron chi connectivity index (χ4n) is 1.94. The topological polar surface area (TPSA) is 32.3 Å². The Morgan fingerprint density at radius 3 is 3.14 bits per heavy atom. The van der Waals surface area contributed by atoms with E-state index in [0.717, 1.165) is 38.8 Å². The van der Waals surface area contributed by atoms with Gasteiger partial charge in [0.15, 0.2) is 0 Å². The van der Waals surface area contributed by atoms with Crippen LogP contribution in [-0.2, 0) is 4.79 Å². The minimum atomic E-state index is 0.0813. The van der Waals surface area contributed by atoms with Crippen LogP contribution in [0.15, 0.2) is 0 Å². The molecular formula is C11H18N2O. The van der Waals surface area contributed by atoms with E-state index in [1.807, 2.05) is 0 Å². The number of nitrogens with one attached hydrogen (secondary N) is 1. The van der Waals surface area contributed by atoms with E-state index in [-0.39, 0.29) is 11.9 Å². The van der Waals surface area contributed by atoms with Crippen molar-refractivity contribution < 1.29 is 4.79 Å². The van der Waals surface area contributed by atoms with E-state index >= 15 is 0 Å². The number of hydrogen-bond donors (Lipinski definition) is 1. The van der Waals surface area contributed by atoms with Crippen LogP contribution < -0.4 is 5.32 Å². The molecule has 1 atom stereocenters. The number of unbranched alkanes of at least 4 members (excludes halogenated alkanes) is 1. The molecular weight excluding hydrogens is 176 g/mol. The van der Waals surface area contributed by atoms with Gasteiger partial charge in [0.1, 0.15) is 0 Å². The predicted octanol–water partition coefficient (Wildman–Crippen LogP) is 0.610. The molecule has 3 heteroatoms. The molecule has 1 aliphatic rings. The third-order valence-corrected chi connectivity index (χ3v) is 2.68. The smallest absolute Gasteiger partial charge is 0.237 e. The van der Waals surface area contributed by atoms with E-state index in [2.05, 4.69) is 16.1 Å². The molecule has 0 aromatic heterocycles. The van der Waals surface area contributed by atoms with Crippen LogP contribution in [-0.4, -0.2) is 37.0 Å². The van der Waals surface area contributed by atoms with E-state index in [9.17, 15) is 4.79 Å². The van der Waals surface area contributed by atoms with Gasteiger partial charge in [-0.05, 0) is 32.4 Å². The molecule has 0 aliphatic carbocycles. The number of carbonyl (C=O) groups is 1. The number of likely N-dealkylation sites (tertiary alicyclic amines) is 1. The number of rotatable bonds is 4. The molecule has 0 radical (unpaired) electrons. The monoisotopic (exact) mass is 194 g/mol. The molecule has 0 saturated carbocycles. The van der Waals surface area contributed by atoms with Gasteiger partial charge in [-0.3, -0.25) is 9.69 Å². The number of nitrogens with zero attached hydrogens (tertiary/aromatic N) is 1. The van der Waals surface area contributed by atoms with E-state index in [1.54, 1.807) is 7.05 Å². The van der Waals surface area contributed by atoms with Gasteiger partial charge in [-0.15, -0.1) is 12.3 Å². The molecule has 0 aromatic carbocycles. The molecule has 1 aliphatic heterocycles. The maximum absolute atomic E-state index is 11.5. The van der Waals surface area contributed by atoms with Crippen molar-refractivity contribution in [1.82, 2.24) is 10.2 Å². The minimum absolute atomic E-state index is 0.0813. The third-order valence-electron chi connectivity index (χ3n) is 2.68. The molecule has 0 bridgehead atoms. The Bertz CT molecular complexity index is 232. The first-order valence-electron chi connectivity index (χ1n) is 5.18. The Morgan fingerprint density at radius 1 is 1.71 bits per heavy atom. The molecule has 1 amide bonds. The molecule has 1 rings (SSSR count). The summed E-state index contributed by atoms with van der Waals surface area (Å²) in [5.41, 5.74) is 0. The van der Waals surface area contributed by atoms with Gasteiger partial charge in [0.2, 0.25) is 5.91 Å². The number of amides is 1. The second kappa shape index (κ2) is 5.66. The summed E-state index contributed by atoms with van der Waals surface area (Å²) in [6, 6.07) is 0.0813. The quantitative estimate of drug-likeness (QED) is 0.525. The summed E-state index contributed by atoms with van der Waals surface area (Å²) in [6.45, 7) is 1.98. The van der Waals surface area contributed by atoms with E-state index in [4.69, 9.17) is 6.42 Å². The van der Waals surface area contributed by atoms with E-state index in [0.29, 0.717) is 0 Å². The van der Waals surface area contributed by atoms with Crippen molar-refractivity contribution in [2.75, 3.05) is 20.1 Å². The van der Waals surface area contributed by atoms with Crippen LogP contribution >= 0.6 is 0 Å². The third kappa shape index (κ3) is 2.74. The normalized spacial score (nSPS) is 21.9. The fraction of sp³-hybridized carbons (Fsp3) is 0.727. The van der Waals surface area contributed by atoms with Gasteiger partial charge in [0, 0.05) is 13.5 Å². The fourth-order valence-corrected chi connectivity index (χ4v) is 1.94. The highest BCUT2D eigenvalue weighted by Crippen LogP contribution is 2.17. The summed E-state index contributed by atoms with van der Waals surface area (Å²) in [6.07, 6.45) is 9.08. The Kier molecular flexibility index (Phi) is 4.48. The largest absolute Gasteiger partial charge is 0.358 e. The molecule has 14 heavy (non-hydrogen) atoms. The molecule has 1 unspecified atom stereocenters. The summed E-state index contributed by atoms with van der Waals surface area (Å²) in [5.74, 6) is 2.76. The van der Waals surface area contributed by atoms with Crippen molar-refractivity contribution in [3.8, 4) is 12.3 Å². The van der Waals surface area contributed by atoms with E-state index < -0.39 is 0 Å². The van der Waals surface area contributed by atoms with Crippen molar-refractivity contribution in [1.29, 1.82) is 0 Å². The first-order valence-corrected chi connectivity index (χ1v) is 5.18. The van der Waals surface area contributed by atoms with Crippen LogP contribution in [0.5, 0.6) is 0 Å². The predicted molar refractivity (Wildman–Crippen MR) is 56.7 cm³/mol. The van der Waals surface area contributed by atoms with Gasteiger partial charge < -0.3 is 5.32 Å². The standard InChI is InChI=1S/C11H18N2O/c1-3-4-5-8-13-9-6-7-10(13)11(14)12-2/h1,10H,4-9H2,2H3,(H,12,14). The van der Waals surface area contributed by atoms with Crippen LogP contribution in [0.25, 0.3) is 0 Å². The van der Waals surface area contributed by atoms with E-state index in [1.165, 1.54) is 0 Å². The number of terminal acetylenes is 1. The van der Waals surface area contributed by atoms with Gasteiger partial charge in [-0.2, -0.15) is 0 Å². The van der Waals surface area contributed by atoms with Crippen LogP contribution in [0.3, 0.4) is 0 Å². The first kappa shape index (κ1) is 11.1. The SMILES string of the molecule is C#CCCCN1CCCC1C(=O)NC. The maximum Gasteiger partial charge on any atom is 0.237 e. The molecule has 3 nitrogen and oxygen atoms in total. The van der Waals surface area contributed by atoms with Gasteiger partial charge in [-0.1, -0.05) is 0 Å². The lowest BCUT2D eigenvalue weighted by Gasteiger charge is -2.22. The Hall–Kier alpha value is -1.01. The molecule has 1 fully saturated rings. The summed E-state index contributed by atoms with van der Waals surface area (Å²) in [7, 11) is 1.69. The summed E-state index contributed by atoms with van der Waals surface area (Å²) < 4.78 is 0. The second-order valence-electron chi connectivity index (χ2n) is 3.62. The highest BCUT2D eigenvalue weighted by Gasteiger charge is 2.28. The lowest BCUT2D eigenvalue weighted by atomic mass is 10.2. The Labute approximate surface area is 85.9 Å².